The first kappa shape index (κ1) is 19.1. The highest BCUT2D eigenvalue weighted by Gasteiger charge is 2.56. The van der Waals surface area contributed by atoms with Crippen LogP contribution in [0.3, 0.4) is 0 Å². The van der Waals surface area contributed by atoms with Gasteiger partial charge in [-0.2, -0.15) is 0 Å². The summed E-state index contributed by atoms with van der Waals surface area (Å²) in [6, 6.07) is 0. The predicted molar refractivity (Wildman–Crippen MR) is 74.5 cm³/mol. The summed E-state index contributed by atoms with van der Waals surface area (Å²) in [5.74, 6) is 0. The van der Waals surface area contributed by atoms with E-state index < -0.39 is 42.4 Å². The van der Waals surface area contributed by atoms with Crippen LogP contribution in [0.2, 0.25) is 0 Å². The molecule has 0 heterocycles. The molecule has 3 N–H and O–H groups in total. The Balaban J connectivity index is 5.09. The smallest absolute Gasteiger partial charge is 0.352 e. The summed E-state index contributed by atoms with van der Waals surface area (Å²) in [4.78, 5) is 19.6. The molecule has 0 aliphatic carbocycles. The molecular weight excluding hydrogens is 464 g/mol. The van der Waals surface area contributed by atoms with E-state index in [2.05, 4.69) is 47.8 Å². The third-order valence-electron chi connectivity index (χ3n) is 2.42. The minimum Gasteiger partial charge on any atom is -0.385 e. The van der Waals surface area contributed by atoms with Gasteiger partial charge < -0.3 is 15.3 Å². The van der Waals surface area contributed by atoms with Gasteiger partial charge >= 0.3 is 7.81 Å². The predicted octanol–water partition coefficient (Wildman–Crippen LogP) is 0.567. The first-order valence-corrected chi connectivity index (χ1v) is 7.16. The van der Waals surface area contributed by atoms with Gasteiger partial charge in [0.1, 0.15) is 18.3 Å². The van der Waals surface area contributed by atoms with Crippen LogP contribution in [0.5, 0.6) is 0 Å². The first-order chi connectivity index (χ1) is 8.38. The van der Waals surface area contributed by atoms with Gasteiger partial charge in [0.25, 0.3) is 0 Å². The molecule has 9 nitrogen and oxygen atoms in total. The van der Waals surface area contributed by atoms with Crippen molar-refractivity contribution in [2.24, 2.45) is 0 Å². The molecule has 4 atom stereocenters. The molecule has 0 rings (SSSR count). The quantitative estimate of drug-likeness (QED) is 0.211. The summed E-state index contributed by atoms with van der Waals surface area (Å²) in [7, 11) is 0. The lowest BCUT2D eigenvalue weighted by atomic mass is 10.0. The van der Waals surface area contributed by atoms with Crippen molar-refractivity contribution >= 4 is 47.8 Å². The van der Waals surface area contributed by atoms with E-state index >= 15 is 0 Å². The van der Waals surface area contributed by atoms with Crippen molar-refractivity contribution in [3.8, 4) is 0 Å². The highest BCUT2D eigenvalue weighted by atomic mass is 79.9. The molecule has 112 valence electrons. The lowest BCUT2D eigenvalue weighted by molar-refractivity contribution is -0.561. The fourth-order valence-electron chi connectivity index (χ4n) is 1.19. The maximum atomic E-state index is 10.9. The zero-order chi connectivity index (χ0) is 15.6. The molecule has 0 aromatic carbocycles. The number of nitro groups is 2. The summed E-state index contributed by atoms with van der Waals surface area (Å²) in [5.41, 5.74) is 0. The van der Waals surface area contributed by atoms with Crippen molar-refractivity contribution in [1.29, 1.82) is 0 Å². The van der Waals surface area contributed by atoms with Crippen LogP contribution in [-0.4, -0.2) is 51.3 Å². The molecule has 0 saturated heterocycles. The standard InChI is InChI=1S/C7H11Br3N2O7/c1-3(13)6(8,11(16)17)4(14)2-5(15)7(9,10)12(18)19/h3-5,13-15H,2H2,1H3. The van der Waals surface area contributed by atoms with Crippen LogP contribution in [-0.2, 0) is 0 Å². The number of aliphatic hydroxyl groups is 3. The first-order valence-electron chi connectivity index (χ1n) is 4.78. The number of rotatable bonds is 7. The van der Waals surface area contributed by atoms with Crippen LogP contribution < -0.4 is 0 Å². The van der Waals surface area contributed by atoms with E-state index in [1.54, 1.807) is 0 Å². The van der Waals surface area contributed by atoms with Crippen LogP contribution in [0.15, 0.2) is 0 Å². The highest BCUT2D eigenvalue weighted by Crippen LogP contribution is 2.37. The Labute approximate surface area is 132 Å². The van der Waals surface area contributed by atoms with Gasteiger partial charge in [-0.15, -0.1) is 0 Å². The van der Waals surface area contributed by atoms with Gasteiger partial charge in [-0.25, -0.2) is 0 Å². The summed E-state index contributed by atoms with van der Waals surface area (Å²) in [6.07, 6.45) is -5.98. The molecule has 0 aromatic rings. The Morgan fingerprint density at radius 1 is 1.05 bits per heavy atom. The van der Waals surface area contributed by atoms with Crippen molar-refractivity contribution in [3.63, 3.8) is 0 Å². The number of alkyl halides is 3. The number of halogens is 3. The molecule has 0 radical (unpaired) electrons. The Bertz CT molecular complexity index is 367. The molecule has 0 fully saturated rings. The fraction of sp³-hybridized carbons (Fsp3) is 1.00. The van der Waals surface area contributed by atoms with Gasteiger partial charge in [0.2, 0.25) is 0 Å². The van der Waals surface area contributed by atoms with Crippen LogP contribution in [0.4, 0.5) is 0 Å². The SMILES string of the molecule is CC(O)C(Br)(C(O)CC(O)C(Br)(Br)[N+](=O)[O-])[N+](=O)[O-]. The van der Waals surface area contributed by atoms with Crippen molar-refractivity contribution in [3.05, 3.63) is 20.2 Å². The fourth-order valence-corrected chi connectivity index (χ4v) is 1.75. The van der Waals surface area contributed by atoms with E-state index in [0.29, 0.717) is 0 Å². The maximum absolute atomic E-state index is 10.9. The Morgan fingerprint density at radius 3 is 1.74 bits per heavy atom. The van der Waals surface area contributed by atoms with E-state index in [1.807, 2.05) is 0 Å². The summed E-state index contributed by atoms with van der Waals surface area (Å²) in [5, 5.41) is 50.2. The lowest BCUT2D eigenvalue weighted by Gasteiger charge is -2.29. The Hall–Kier alpha value is 0.120. The lowest BCUT2D eigenvalue weighted by Crippen LogP contribution is -2.54. The van der Waals surface area contributed by atoms with Crippen LogP contribution >= 0.6 is 47.8 Å². The molecular formula is C7H11Br3N2O7. The van der Waals surface area contributed by atoms with Crippen molar-refractivity contribution < 1.29 is 25.2 Å². The van der Waals surface area contributed by atoms with Gasteiger partial charge in [0, 0.05) is 59.1 Å². The molecule has 4 unspecified atom stereocenters. The molecule has 19 heavy (non-hydrogen) atoms. The van der Waals surface area contributed by atoms with Crippen molar-refractivity contribution in [1.82, 2.24) is 0 Å². The maximum Gasteiger partial charge on any atom is 0.352 e. The third kappa shape index (κ3) is 4.04. The average molecular weight is 475 g/mol. The topological polar surface area (TPSA) is 147 Å². The van der Waals surface area contributed by atoms with E-state index in [9.17, 15) is 35.5 Å². The molecule has 0 spiro atoms. The second kappa shape index (κ2) is 6.72. The Kier molecular flexibility index (Phi) is 6.76. The largest absolute Gasteiger partial charge is 0.385 e. The zero-order valence-corrected chi connectivity index (χ0v) is 14.2. The van der Waals surface area contributed by atoms with Crippen LogP contribution in [0, 0.1) is 20.2 Å². The van der Waals surface area contributed by atoms with Crippen molar-refractivity contribution in [2.45, 2.75) is 39.5 Å². The molecule has 0 aromatic heterocycles. The van der Waals surface area contributed by atoms with Gasteiger partial charge in [-0.1, -0.05) is 0 Å². The molecule has 0 aliphatic rings. The molecule has 12 heteroatoms. The summed E-state index contributed by atoms with van der Waals surface area (Å²) < 4.78 is -4.48. The van der Waals surface area contributed by atoms with Gasteiger partial charge in [-0.3, -0.25) is 20.2 Å². The minimum absolute atomic E-state index is 0.728. The third-order valence-corrected chi connectivity index (χ3v) is 5.54. The van der Waals surface area contributed by atoms with Gasteiger partial charge in [-0.05, 0) is 6.92 Å². The molecule has 0 aliphatic heterocycles. The number of hydrogen-bond acceptors (Lipinski definition) is 7. The van der Waals surface area contributed by atoms with E-state index in [1.165, 1.54) is 0 Å². The summed E-state index contributed by atoms with van der Waals surface area (Å²) in [6.45, 7) is 1.07. The van der Waals surface area contributed by atoms with Gasteiger partial charge in [0.05, 0.1) is 4.92 Å². The summed E-state index contributed by atoms with van der Waals surface area (Å²) >= 11 is 7.78. The number of hydrogen-bond donors (Lipinski definition) is 3. The molecule has 0 amide bonds. The highest BCUT2D eigenvalue weighted by molar-refractivity contribution is 9.25. The van der Waals surface area contributed by atoms with Gasteiger partial charge in [0.15, 0.2) is 0 Å². The number of aliphatic hydroxyl groups excluding tert-OH is 3. The van der Waals surface area contributed by atoms with E-state index in [0.717, 1.165) is 6.92 Å². The zero-order valence-electron chi connectivity index (χ0n) is 9.44. The molecule has 0 saturated carbocycles. The second-order valence-electron chi connectivity index (χ2n) is 3.77. The van der Waals surface area contributed by atoms with E-state index in [4.69, 9.17) is 0 Å². The Morgan fingerprint density at radius 2 is 1.47 bits per heavy atom. The number of nitrogens with zero attached hydrogens (tertiary/aromatic N) is 2. The van der Waals surface area contributed by atoms with E-state index in [-0.39, 0.29) is 0 Å². The normalized spacial score (nSPS) is 20.2. The molecule has 0 bridgehead atoms. The monoisotopic (exact) mass is 472 g/mol. The van der Waals surface area contributed by atoms with Crippen LogP contribution in [0.25, 0.3) is 0 Å². The van der Waals surface area contributed by atoms with Crippen LogP contribution in [0.1, 0.15) is 13.3 Å². The second-order valence-corrected chi connectivity index (χ2v) is 8.53. The average Bonchev–Trinajstić information content (AvgIpc) is 2.26. The van der Waals surface area contributed by atoms with Crippen molar-refractivity contribution in [2.75, 3.05) is 0 Å². The minimum atomic E-state index is -2.33.